The van der Waals surface area contributed by atoms with E-state index >= 15 is 0 Å². The van der Waals surface area contributed by atoms with E-state index in [-0.39, 0.29) is 23.6 Å². The summed E-state index contributed by atoms with van der Waals surface area (Å²) in [5.41, 5.74) is 0.493. The molecule has 0 aliphatic carbocycles. The average Bonchev–Trinajstić information content (AvgIpc) is 2.39. The summed E-state index contributed by atoms with van der Waals surface area (Å²) in [6, 6.07) is 6.13. The zero-order valence-corrected chi connectivity index (χ0v) is 10.8. The first-order valence-electron chi connectivity index (χ1n) is 6.32. The summed E-state index contributed by atoms with van der Waals surface area (Å²) >= 11 is 0. The lowest BCUT2D eigenvalue weighted by Crippen LogP contribution is -2.41. The summed E-state index contributed by atoms with van der Waals surface area (Å²) in [4.78, 5) is 22.9. The van der Waals surface area contributed by atoms with Gasteiger partial charge in [0, 0.05) is 18.2 Å². The second-order valence-corrected chi connectivity index (χ2v) is 4.76. The number of carboxylic acids is 1. The standard InChI is InChI=1S/C14H17NO4/c1-9-7-12(5-6-19-9)15-13(16)10-3-2-4-11(8-10)14(17)18/h2-4,8-9,12H,5-7H2,1H3,(H,15,16)(H,17,18). The van der Waals surface area contributed by atoms with Crippen molar-refractivity contribution in [2.24, 2.45) is 0 Å². The molecule has 1 aromatic rings. The monoisotopic (exact) mass is 263 g/mol. The minimum atomic E-state index is -1.03. The smallest absolute Gasteiger partial charge is 0.335 e. The van der Waals surface area contributed by atoms with Gasteiger partial charge in [-0.05, 0) is 38.0 Å². The summed E-state index contributed by atoms with van der Waals surface area (Å²) < 4.78 is 5.42. The van der Waals surface area contributed by atoms with Gasteiger partial charge in [-0.2, -0.15) is 0 Å². The van der Waals surface area contributed by atoms with Crippen molar-refractivity contribution in [3.8, 4) is 0 Å². The second-order valence-electron chi connectivity index (χ2n) is 4.76. The predicted molar refractivity (Wildman–Crippen MR) is 69.3 cm³/mol. The molecule has 1 saturated heterocycles. The van der Waals surface area contributed by atoms with E-state index in [9.17, 15) is 9.59 Å². The Hall–Kier alpha value is -1.88. The minimum absolute atomic E-state index is 0.0877. The summed E-state index contributed by atoms with van der Waals surface area (Å²) in [6.45, 7) is 2.62. The van der Waals surface area contributed by atoms with Crippen molar-refractivity contribution in [3.63, 3.8) is 0 Å². The van der Waals surface area contributed by atoms with Gasteiger partial charge >= 0.3 is 5.97 Å². The van der Waals surface area contributed by atoms with Gasteiger partial charge in [-0.15, -0.1) is 0 Å². The normalized spacial score (nSPS) is 22.8. The number of aromatic carboxylic acids is 1. The molecule has 1 amide bonds. The van der Waals surface area contributed by atoms with Gasteiger partial charge in [0.1, 0.15) is 0 Å². The largest absolute Gasteiger partial charge is 0.478 e. The number of amides is 1. The quantitative estimate of drug-likeness (QED) is 0.870. The summed E-state index contributed by atoms with van der Waals surface area (Å²) in [5, 5.41) is 11.8. The highest BCUT2D eigenvalue weighted by Gasteiger charge is 2.21. The molecule has 1 fully saturated rings. The Labute approximate surface area is 111 Å². The van der Waals surface area contributed by atoms with Crippen LogP contribution in [0.15, 0.2) is 24.3 Å². The van der Waals surface area contributed by atoms with Crippen LogP contribution in [-0.2, 0) is 4.74 Å². The number of benzene rings is 1. The van der Waals surface area contributed by atoms with Gasteiger partial charge in [-0.3, -0.25) is 4.79 Å². The molecule has 0 aromatic heterocycles. The van der Waals surface area contributed by atoms with Gasteiger partial charge in [0.25, 0.3) is 5.91 Å². The third-order valence-corrected chi connectivity index (χ3v) is 3.19. The van der Waals surface area contributed by atoms with E-state index in [0.29, 0.717) is 12.2 Å². The van der Waals surface area contributed by atoms with E-state index in [1.54, 1.807) is 12.1 Å². The molecule has 2 atom stereocenters. The number of ether oxygens (including phenoxy) is 1. The molecular formula is C14H17NO4. The van der Waals surface area contributed by atoms with Crippen LogP contribution in [0.3, 0.4) is 0 Å². The third kappa shape index (κ3) is 3.54. The molecule has 2 N–H and O–H groups in total. The molecule has 0 spiro atoms. The molecule has 1 aromatic carbocycles. The maximum atomic E-state index is 12.0. The van der Waals surface area contributed by atoms with Crippen molar-refractivity contribution < 1.29 is 19.4 Å². The third-order valence-electron chi connectivity index (χ3n) is 3.19. The minimum Gasteiger partial charge on any atom is -0.478 e. The molecule has 2 unspecified atom stereocenters. The first kappa shape index (κ1) is 13.5. The number of nitrogens with one attached hydrogen (secondary N) is 1. The first-order valence-corrected chi connectivity index (χ1v) is 6.32. The lowest BCUT2D eigenvalue weighted by atomic mass is 10.0. The molecule has 102 valence electrons. The van der Waals surface area contributed by atoms with Crippen LogP contribution in [0.1, 0.15) is 40.5 Å². The maximum Gasteiger partial charge on any atom is 0.335 e. The van der Waals surface area contributed by atoms with Crippen molar-refractivity contribution in [3.05, 3.63) is 35.4 Å². The van der Waals surface area contributed by atoms with Gasteiger partial charge in [0.05, 0.1) is 11.7 Å². The molecule has 19 heavy (non-hydrogen) atoms. The van der Waals surface area contributed by atoms with Crippen LogP contribution in [-0.4, -0.2) is 35.7 Å². The zero-order valence-electron chi connectivity index (χ0n) is 10.8. The van der Waals surface area contributed by atoms with Crippen LogP contribution in [0.25, 0.3) is 0 Å². The SMILES string of the molecule is CC1CC(NC(=O)c2cccc(C(=O)O)c2)CCO1. The maximum absolute atomic E-state index is 12.0. The highest BCUT2D eigenvalue weighted by Crippen LogP contribution is 2.14. The average molecular weight is 263 g/mol. The fourth-order valence-corrected chi connectivity index (χ4v) is 2.19. The zero-order chi connectivity index (χ0) is 13.8. The van der Waals surface area contributed by atoms with Gasteiger partial charge in [-0.25, -0.2) is 4.79 Å². The second kappa shape index (κ2) is 5.84. The van der Waals surface area contributed by atoms with Crippen LogP contribution in [0.5, 0.6) is 0 Å². The van der Waals surface area contributed by atoms with Crippen LogP contribution < -0.4 is 5.32 Å². The van der Waals surface area contributed by atoms with E-state index in [0.717, 1.165) is 12.8 Å². The fraction of sp³-hybridized carbons (Fsp3) is 0.429. The van der Waals surface area contributed by atoms with E-state index in [2.05, 4.69) is 5.32 Å². The molecule has 0 bridgehead atoms. The van der Waals surface area contributed by atoms with Crippen molar-refractivity contribution in [2.45, 2.75) is 31.9 Å². The highest BCUT2D eigenvalue weighted by atomic mass is 16.5. The van der Waals surface area contributed by atoms with E-state index in [1.807, 2.05) is 6.92 Å². The lowest BCUT2D eigenvalue weighted by Gasteiger charge is -2.27. The highest BCUT2D eigenvalue weighted by molar-refractivity contribution is 5.97. The van der Waals surface area contributed by atoms with Gasteiger partial charge in [0.15, 0.2) is 0 Å². The molecular weight excluding hydrogens is 246 g/mol. The number of hydrogen-bond donors (Lipinski definition) is 2. The molecule has 5 nitrogen and oxygen atoms in total. The predicted octanol–water partition coefficient (Wildman–Crippen LogP) is 1.68. The number of rotatable bonds is 3. The number of carboxylic acid groups (broad SMARTS) is 1. The van der Waals surface area contributed by atoms with Crippen molar-refractivity contribution in [1.82, 2.24) is 5.32 Å². The molecule has 1 aliphatic rings. The Balaban J connectivity index is 2.03. The number of hydrogen-bond acceptors (Lipinski definition) is 3. The summed E-state index contributed by atoms with van der Waals surface area (Å²) in [6.07, 6.45) is 1.71. The van der Waals surface area contributed by atoms with Gasteiger partial charge < -0.3 is 15.2 Å². The number of carbonyl (C=O) groups excluding carboxylic acids is 1. The molecule has 5 heteroatoms. The fourth-order valence-electron chi connectivity index (χ4n) is 2.19. The first-order chi connectivity index (χ1) is 9.06. The molecule has 0 saturated carbocycles. The Morgan fingerprint density at radius 1 is 1.37 bits per heavy atom. The molecule has 1 aliphatic heterocycles. The van der Waals surface area contributed by atoms with Gasteiger partial charge in [0.2, 0.25) is 0 Å². The van der Waals surface area contributed by atoms with Crippen LogP contribution >= 0.6 is 0 Å². The Bertz CT molecular complexity index is 486. The summed E-state index contributed by atoms with van der Waals surface area (Å²) in [7, 11) is 0. The van der Waals surface area contributed by atoms with E-state index in [4.69, 9.17) is 9.84 Å². The topological polar surface area (TPSA) is 75.6 Å². The van der Waals surface area contributed by atoms with Crippen molar-refractivity contribution >= 4 is 11.9 Å². The molecule has 1 heterocycles. The molecule has 2 rings (SSSR count). The van der Waals surface area contributed by atoms with E-state index in [1.165, 1.54) is 12.1 Å². The van der Waals surface area contributed by atoms with Crippen LogP contribution in [0.2, 0.25) is 0 Å². The van der Waals surface area contributed by atoms with Crippen LogP contribution in [0, 0.1) is 0 Å². The van der Waals surface area contributed by atoms with E-state index < -0.39 is 5.97 Å². The Morgan fingerprint density at radius 3 is 2.79 bits per heavy atom. The Morgan fingerprint density at radius 2 is 2.11 bits per heavy atom. The summed E-state index contributed by atoms with van der Waals surface area (Å²) in [5.74, 6) is -1.27. The van der Waals surface area contributed by atoms with Crippen molar-refractivity contribution in [1.29, 1.82) is 0 Å². The Kier molecular flexibility index (Phi) is 4.16. The van der Waals surface area contributed by atoms with Crippen LogP contribution in [0.4, 0.5) is 0 Å². The number of carbonyl (C=O) groups is 2. The molecule has 0 radical (unpaired) electrons. The lowest BCUT2D eigenvalue weighted by molar-refractivity contribution is 0.0136. The van der Waals surface area contributed by atoms with Crippen molar-refractivity contribution in [2.75, 3.05) is 6.61 Å². The van der Waals surface area contributed by atoms with Gasteiger partial charge in [-0.1, -0.05) is 6.07 Å².